The van der Waals surface area contributed by atoms with Gasteiger partial charge in [-0.15, -0.1) is 0 Å². The molecule has 1 saturated carbocycles. The number of nitrogens with two attached hydrogens (primary N) is 1. The molecule has 82 valence electrons. The minimum absolute atomic E-state index is 0.325. The van der Waals surface area contributed by atoms with Crippen molar-refractivity contribution >= 4 is 0 Å². The molecule has 2 heteroatoms. The zero-order chi connectivity index (χ0) is 10.7. The first-order valence-electron chi connectivity index (χ1n) is 5.85. The lowest BCUT2D eigenvalue weighted by Crippen LogP contribution is -2.44. The van der Waals surface area contributed by atoms with Gasteiger partial charge in [0, 0.05) is 11.5 Å². The summed E-state index contributed by atoms with van der Waals surface area (Å²) in [7, 11) is 0. The quantitative estimate of drug-likeness (QED) is 0.571. The molecule has 1 aliphatic carbocycles. The third-order valence-electron chi connectivity index (χ3n) is 3.58. The molecule has 0 heterocycles. The van der Waals surface area contributed by atoms with Gasteiger partial charge in [0.25, 0.3) is 0 Å². The van der Waals surface area contributed by atoms with Gasteiger partial charge in [-0.3, -0.25) is 11.3 Å². The summed E-state index contributed by atoms with van der Waals surface area (Å²) >= 11 is 0. The molecule has 0 spiro atoms. The number of hydrogen-bond acceptors (Lipinski definition) is 2. The van der Waals surface area contributed by atoms with Gasteiger partial charge in [-0.05, 0) is 24.8 Å². The van der Waals surface area contributed by atoms with Crippen LogP contribution in [0.2, 0.25) is 0 Å². The second-order valence-corrected chi connectivity index (χ2v) is 4.53. The Bertz CT molecular complexity index is 304. The Kier molecular flexibility index (Phi) is 3.08. The van der Waals surface area contributed by atoms with E-state index < -0.39 is 0 Å². The fraction of sp³-hybridized carbons (Fsp3) is 0.538. The maximum Gasteiger partial charge on any atom is 0.0307 e. The largest absolute Gasteiger partial charge is 0.271 e. The van der Waals surface area contributed by atoms with Crippen LogP contribution in [0.15, 0.2) is 30.3 Å². The molecule has 3 N–H and O–H groups in total. The second kappa shape index (κ2) is 4.33. The fourth-order valence-corrected chi connectivity index (χ4v) is 2.55. The zero-order valence-electron chi connectivity index (χ0n) is 9.37. The van der Waals surface area contributed by atoms with Crippen LogP contribution in [0.3, 0.4) is 0 Å². The number of hydrazine groups is 1. The topological polar surface area (TPSA) is 38.0 Å². The van der Waals surface area contributed by atoms with Crippen LogP contribution >= 0.6 is 0 Å². The van der Waals surface area contributed by atoms with E-state index in [9.17, 15) is 0 Å². The van der Waals surface area contributed by atoms with Gasteiger partial charge < -0.3 is 0 Å². The zero-order valence-corrected chi connectivity index (χ0v) is 9.37. The van der Waals surface area contributed by atoms with E-state index in [1.54, 1.807) is 0 Å². The van der Waals surface area contributed by atoms with Crippen molar-refractivity contribution in [2.75, 3.05) is 0 Å². The first-order valence-corrected chi connectivity index (χ1v) is 5.85. The molecular formula is C13H20N2. The number of benzene rings is 1. The summed E-state index contributed by atoms with van der Waals surface area (Å²) in [6.45, 7) is 2.21. The molecule has 1 aliphatic rings. The number of rotatable bonds is 5. The average molecular weight is 204 g/mol. The monoisotopic (exact) mass is 204 g/mol. The van der Waals surface area contributed by atoms with Crippen molar-refractivity contribution in [2.45, 2.75) is 44.1 Å². The minimum atomic E-state index is 0.325. The van der Waals surface area contributed by atoms with E-state index in [1.165, 1.54) is 24.8 Å². The molecule has 0 radical (unpaired) electrons. The molecule has 1 aromatic carbocycles. The summed E-state index contributed by atoms with van der Waals surface area (Å²) in [5, 5.41) is 0. The van der Waals surface area contributed by atoms with Crippen molar-refractivity contribution in [1.29, 1.82) is 0 Å². The van der Waals surface area contributed by atoms with Crippen LogP contribution in [0.25, 0.3) is 0 Å². The molecule has 2 nitrogen and oxygen atoms in total. The molecule has 1 aromatic rings. The van der Waals surface area contributed by atoms with E-state index in [2.05, 4.69) is 42.7 Å². The lowest BCUT2D eigenvalue weighted by atomic mass is 9.86. The molecular weight excluding hydrogens is 184 g/mol. The maximum atomic E-state index is 5.67. The van der Waals surface area contributed by atoms with Crippen molar-refractivity contribution in [2.24, 2.45) is 5.84 Å². The Morgan fingerprint density at radius 3 is 2.47 bits per heavy atom. The van der Waals surface area contributed by atoms with E-state index in [0.29, 0.717) is 11.5 Å². The molecule has 1 atom stereocenters. The summed E-state index contributed by atoms with van der Waals surface area (Å²) < 4.78 is 0. The third-order valence-corrected chi connectivity index (χ3v) is 3.58. The smallest absolute Gasteiger partial charge is 0.0307 e. The Hall–Kier alpha value is -0.860. The molecule has 0 aromatic heterocycles. The van der Waals surface area contributed by atoms with E-state index in [4.69, 9.17) is 5.84 Å². The van der Waals surface area contributed by atoms with Gasteiger partial charge in [0.2, 0.25) is 0 Å². The maximum absolute atomic E-state index is 5.67. The fourth-order valence-electron chi connectivity index (χ4n) is 2.55. The highest BCUT2D eigenvalue weighted by molar-refractivity contribution is 5.33. The van der Waals surface area contributed by atoms with Crippen LogP contribution in [-0.2, 0) is 5.41 Å². The SMILES string of the molecule is CCCC(NN)C1(c2ccccc2)CC1. The molecule has 2 rings (SSSR count). The van der Waals surface area contributed by atoms with Crippen LogP contribution in [0.4, 0.5) is 0 Å². The predicted octanol–water partition coefficient (Wildman–Crippen LogP) is 2.35. The van der Waals surface area contributed by atoms with Crippen molar-refractivity contribution in [1.82, 2.24) is 5.43 Å². The van der Waals surface area contributed by atoms with Gasteiger partial charge in [0.05, 0.1) is 0 Å². The van der Waals surface area contributed by atoms with Crippen molar-refractivity contribution in [3.05, 3.63) is 35.9 Å². The highest BCUT2D eigenvalue weighted by Gasteiger charge is 2.49. The standard InChI is InChI=1S/C13H20N2/c1-2-6-12(15-14)13(9-10-13)11-7-4-3-5-8-11/h3-5,7-8,12,15H,2,6,9-10,14H2,1H3. The lowest BCUT2D eigenvalue weighted by Gasteiger charge is -2.26. The predicted molar refractivity (Wildman–Crippen MR) is 63.4 cm³/mol. The van der Waals surface area contributed by atoms with Crippen LogP contribution in [-0.4, -0.2) is 6.04 Å². The highest BCUT2D eigenvalue weighted by Crippen LogP contribution is 2.51. The molecule has 0 amide bonds. The average Bonchev–Trinajstić information content (AvgIpc) is 3.08. The lowest BCUT2D eigenvalue weighted by molar-refractivity contribution is 0.395. The summed E-state index contributed by atoms with van der Waals surface area (Å²) in [4.78, 5) is 0. The summed E-state index contributed by atoms with van der Waals surface area (Å²) in [5.41, 5.74) is 4.78. The molecule has 0 aliphatic heterocycles. The molecule has 1 fully saturated rings. The minimum Gasteiger partial charge on any atom is -0.271 e. The molecule has 0 bridgehead atoms. The van der Waals surface area contributed by atoms with E-state index in [0.717, 1.165) is 6.42 Å². The van der Waals surface area contributed by atoms with Gasteiger partial charge in [0.1, 0.15) is 0 Å². The summed E-state index contributed by atoms with van der Waals surface area (Å²) in [5.74, 6) is 5.67. The van der Waals surface area contributed by atoms with E-state index >= 15 is 0 Å². The van der Waals surface area contributed by atoms with Gasteiger partial charge in [-0.1, -0.05) is 43.7 Å². The van der Waals surface area contributed by atoms with Crippen molar-refractivity contribution in [3.63, 3.8) is 0 Å². The Morgan fingerprint density at radius 2 is 2.00 bits per heavy atom. The number of hydrogen-bond donors (Lipinski definition) is 2. The second-order valence-electron chi connectivity index (χ2n) is 4.53. The summed E-state index contributed by atoms with van der Waals surface area (Å²) in [6.07, 6.45) is 4.88. The van der Waals surface area contributed by atoms with Gasteiger partial charge in [0.15, 0.2) is 0 Å². The summed E-state index contributed by atoms with van der Waals surface area (Å²) in [6, 6.07) is 11.2. The molecule has 15 heavy (non-hydrogen) atoms. The Morgan fingerprint density at radius 1 is 1.33 bits per heavy atom. The van der Waals surface area contributed by atoms with Crippen LogP contribution < -0.4 is 11.3 Å². The normalized spacial score (nSPS) is 19.9. The van der Waals surface area contributed by atoms with E-state index in [-0.39, 0.29) is 0 Å². The molecule has 1 unspecified atom stereocenters. The van der Waals surface area contributed by atoms with Gasteiger partial charge in [-0.2, -0.15) is 0 Å². The van der Waals surface area contributed by atoms with Gasteiger partial charge >= 0.3 is 0 Å². The Labute approximate surface area is 91.8 Å². The van der Waals surface area contributed by atoms with Gasteiger partial charge in [-0.25, -0.2) is 0 Å². The first-order chi connectivity index (χ1) is 7.33. The van der Waals surface area contributed by atoms with Crippen LogP contribution in [0, 0.1) is 0 Å². The number of nitrogens with one attached hydrogen (secondary N) is 1. The van der Waals surface area contributed by atoms with Crippen molar-refractivity contribution < 1.29 is 0 Å². The molecule has 0 saturated heterocycles. The van der Waals surface area contributed by atoms with Crippen LogP contribution in [0.1, 0.15) is 38.2 Å². The highest BCUT2D eigenvalue weighted by atomic mass is 15.2. The van der Waals surface area contributed by atoms with E-state index in [1.807, 2.05) is 0 Å². The van der Waals surface area contributed by atoms with Crippen molar-refractivity contribution in [3.8, 4) is 0 Å². The third kappa shape index (κ3) is 1.92. The Balaban J connectivity index is 2.19. The first kappa shape index (κ1) is 10.7. The van der Waals surface area contributed by atoms with Crippen LogP contribution in [0.5, 0.6) is 0 Å².